The quantitative estimate of drug-likeness (QED) is 0.835. The van der Waals surface area contributed by atoms with Gasteiger partial charge >= 0.3 is 10.1 Å². The average Bonchev–Trinajstić information content (AvgIpc) is 2.80. The first-order chi connectivity index (χ1) is 11.7. The van der Waals surface area contributed by atoms with Crippen molar-refractivity contribution in [3.63, 3.8) is 0 Å². The number of rotatable bonds is 4. The summed E-state index contributed by atoms with van der Waals surface area (Å²) in [5, 5.41) is 0.404. The number of halogens is 1. The van der Waals surface area contributed by atoms with E-state index in [9.17, 15) is 13.2 Å². The number of carbonyl (C=O) groups is 1. The Morgan fingerprint density at radius 2 is 1.75 bits per heavy atom. The molecule has 3 rings (SSSR count). The summed E-state index contributed by atoms with van der Waals surface area (Å²) in [4.78, 5) is 12.4. The monoisotopic (exact) mass is 366 g/mol. The second-order valence-corrected chi connectivity index (χ2v) is 6.79. The van der Waals surface area contributed by atoms with Crippen molar-refractivity contribution >= 4 is 27.5 Å². The van der Waals surface area contributed by atoms with Gasteiger partial charge < -0.3 is 14.7 Å². The van der Waals surface area contributed by atoms with Crippen molar-refractivity contribution in [3.8, 4) is 0 Å². The van der Waals surface area contributed by atoms with Gasteiger partial charge in [0.15, 0.2) is 6.08 Å². The number of benzene rings is 2. The summed E-state index contributed by atoms with van der Waals surface area (Å²) in [6, 6.07) is 13.0. The van der Waals surface area contributed by atoms with Crippen molar-refractivity contribution in [3.05, 3.63) is 76.8 Å². The van der Waals surface area contributed by atoms with E-state index < -0.39 is 33.6 Å². The molecule has 1 aliphatic heterocycles. The zero-order chi connectivity index (χ0) is 18.2. The molecular formula is C16H12ClNO5S. The van der Waals surface area contributed by atoms with Gasteiger partial charge in [0.25, 0.3) is 0 Å². The summed E-state index contributed by atoms with van der Waals surface area (Å²) < 4.78 is 42.8. The van der Waals surface area contributed by atoms with Gasteiger partial charge in [-0.2, -0.15) is 8.42 Å². The molecule has 0 spiro atoms. The van der Waals surface area contributed by atoms with Crippen LogP contribution in [0.15, 0.2) is 71.1 Å². The highest BCUT2D eigenvalue weighted by Gasteiger charge is 2.39. The van der Waals surface area contributed by atoms with Crippen LogP contribution in [0.3, 0.4) is 0 Å². The highest BCUT2D eigenvalue weighted by molar-refractivity contribution is 7.86. The van der Waals surface area contributed by atoms with Gasteiger partial charge in [0.1, 0.15) is 4.90 Å². The molecule has 6 nitrogen and oxygen atoms in total. The molecule has 124 valence electrons. The van der Waals surface area contributed by atoms with Gasteiger partial charge in [0.2, 0.25) is 17.4 Å². The molecule has 8 heteroatoms. The van der Waals surface area contributed by atoms with Gasteiger partial charge in [-0.05, 0) is 24.3 Å². The van der Waals surface area contributed by atoms with Gasteiger partial charge in [-0.3, -0.25) is 4.79 Å². The van der Waals surface area contributed by atoms with E-state index in [1.54, 1.807) is 6.07 Å². The lowest BCUT2D eigenvalue weighted by Crippen LogP contribution is -2.15. The number of ketones is 1. The van der Waals surface area contributed by atoms with E-state index in [1.165, 1.54) is 48.5 Å². The molecular weight excluding hydrogens is 354 g/mol. The summed E-state index contributed by atoms with van der Waals surface area (Å²) in [5.74, 6) is -2.32. The molecule has 0 amide bonds. The molecule has 1 aliphatic rings. The molecule has 2 aromatic rings. The molecule has 0 aromatic heterocycles. The Balaban J connectivity index is 1.92. The van der Waals surface area contributed by atoms with E-state index in [0.29, 0.717) is 5.02 Å². The standard InChI is InChI=1S/C16H12ClNO5S/c17-11-8-6-10(7-9-11)14-13(19)15(16(18)22-14)23-24(20,21)12-4-2-1-3-5-12/h1-9,14H,18H2/t14-/m0/s1/i14D. The van der Waals surface area contributed by atoms with Crippen LogP contribution < -0.4 is 5.73 Å². The van der Waals surface area contributed by atoms with Crippen molar-refractivity contribution in [1.82, 2.24) is 0 Å². The Morgan fingerprint density at radius 1 is 1.12 bits per heavy atom. The fourth-order valence-electron chi connectivity index (χ4n) is 2.03. The molecule has 2 N–H and O–H groups in total. The molecule has 24 heavy (non-hydrogen) atoms. The predicted octanol–water partition coefficient (Wildman–Crippen LogP) is 2.51. The SMILES string of the molecule is [2H][C@@]1(c2ccc(Cl)cc2)OC(N)=C(OS(=O)(=O)c2ccccc2)C1=O. The molecule has 0 saturated heterocycles. The number of nitrogens with two attached hydrogens (primary N) is 1. The summed E-state index contributed by atoms with van der Waals surface area (Å²) in [6.45, 7) is 0. The van der Waals surface area contributed by atoms with Gasteiger partial charge in [-0.15, -0.1) is 0 Å². The predicted molar refractivity (Wildman–Crippen MR) is 86.2 cm³/mol. The van der Waals surface area contributed by atoms with Gasteiger partial charge in [0.05, 0.1) is 1.37 Å². The van der Waals surface area contributed by atoms with Crippen molar-refractivity contribution in [2.45, 2.75) is 11.0 Å². The molecule has 0 radical (unpaired) electrons. The molecule has 0 aliphatic carbocycles. The first-order valence-corrected chi connectivity index (χ1v) is 8.52. The lowest BCUT2D eigenvalue weighted by Gasteiger charge is -2.09. The number of hydrogen-bond acceptors (Lipinski definition) is 6. The van der Waals surface area contributed by atoms with Crippen LogP contribution in [-0.2, 0) is 23.8 Å². The number of hydrogen-bond donors (Lipinski definition) is 1. The summed E-state index contributed by atoms with van der Waals surface area (Å²) in [7, 11) is -4.29. The molecule has 0 bridgehead atoms. The summed E-state index contributed by atoms with van der Waals surface area (Å²) >= 11 is 5.79. The topological polar surface area (TPSA) is 95.7 Å². The largest absolute Gasteiger partial charge is 0.460 e. The molecule has 1 atom stereocenters. The summed E-state index contributed by atoms with van der Waals surface area (Å²) in [5.41, 5.74) is 5.74. The van der Waals surface area contributed by atoms with Crippen LogP contribution in [0.1, 0.15) is 13.0 Å². The number of ether oxygens (including phenoxy) is 1. The molecule has 0 unspecified atom stereocenters. The van der Waals surface area contributed by atoms with E-state index in [0.717, 1.165) is 0 Å². The zero-order valence-electron chi connectivity index (χ0n) is 13.1. The van der Waals surface area contributed by atoms with Gasteiger partial charge in [0, 0.05) is 10.6 Å². The maximum atomic E-state index is 12.6. The van der Waals surface area contributed by atoms with Crippen LogP contribution in [0.5, 0.6) is 0 Å². The summed E-state index contributed by atoms with van der Waals surface area (Å²) in [6.07, 6.45) is -2.24. The maximum Gasteiger partial charge on any atom is 0.339 e. The molecule has 0 fully saturated rings. The van der Waals surface area contributed by atoms with Crippen molar-refractivity contribution < 1.29 is 23.5 Å². The first-order valence-electron chi connectivity index (χ1n) is 7.23. The smallest absolute Gasteiger partial charge is 0.339 e. The Labute approximate surface area is 145 Å². The maximum absolute atomic E-state index is 12.6. The second kappa shape index (κ2) is 6.18. The number of carbonyl (C=O) groups excluding carboxylic acids is 1. The highest BCUT2D eigenvalue weighted by Crippen LogP contribution is 2.33. The normalized spacial score (nSPS) is 21.4. The third kappa shape index (κ3) is 3.08. The molecule has 2 aromatic carbocycles. The van der Waals surface area contributed by atoms with Crippen LogP contribution in [-0.4, -0.2) is 14.2 Å². The Hall–Kier alpha value is -2.51. The third-order valence-corrected chi connectivity index (χ3v) is 4.67. The van der Waals surface area contributed by atoms with Crippen LogP contribution in [0.4, 0.5) is 0 Å². The van der Waals surface area contributed by atoms with E-state index in [-0.39, 0.29) is 10.5 Å². The Kier molecular flexibility index (Phi) is 3.87. The second-order valence-electron chi connectivity index (χ2n) is 4.81. The molecule has 0 saturated carbocycles. The fourth-order valence-corrected chi connectivity index (χ4v) is 3.12. The Bertz CT molecular complexity index is 960. The first kappa shape index (κ1) is 15.0. The highest BCUT2D eigenvalue weighted by atomic mass is 35.5. The minimum Gasteiger partial charge on any atom is -0.460 e. The lowest BCUT2D eigenvalue weighted by atomic mass is 10.1. The van der Waals surface area contributed by atoms with Crippen molar-refractivity contribution in [1.29, 1.82) is 0 Å². The van der Waals surface area contributed by atoms with Crippen LogP contribution in [0, 0.1) is 0 Å². The fraction of sp³-hybridized carbons (Fsp3) is 0.0625. The lowest BCUT2D eigenvalue weighted by molar-refractivity contribution is -0.123. The van der Waals surface area contributed by atoms with E-state index in [4.69, 9.17) is 27.6 Å². The van der Waals surface area contributed by atoms with E-state index in [1.807, 2.05) is 0 Å². The Morgan fingerprint density at radius 3 is 2.38 bits per heavy atom. The van der Waals surface area contributed by atoms with Crippen LogP contribution >= 0.6 is 11.6 Å². The van der Waals surface area contributed by atoms with E-state index in [2.05, 4.69) is 0 Å². The number of Topliss-reactive ketones (excluding diaryl/α,β-unsaturated/α-hetero) is 1. The van der Waals surface area contributed by atoms with Crippen LogP contribution in [0.2, 0.25) is 5.02 Å². The van der Waals surface area contributed by atoms with Gasteiger partial charge in [-0.1, -0.05) is 41.9 Å². The van der Waals surface area contributed by atoms with Crippen molar-refractivity contribution in [2.24, 2.45) is 5.73 Å². The third-order valence-electron chi connectivity index (χ3n) is 3.18. The van der Waals surface area contributed by atoms with Crippen LogP contribution in [0.25, 0.3) is 0 Å². The minimum absolute atomic E-state index is 0.139. The van der Waals surface area contributed by atoms with E-state index >= 15 is 0 Å². The zero-order valence-corrected chi connectivity index (χ0v) is 13.7. The van der Waals surface area contributed by atoms with Gasteiger partial charge in [-0.25, -0.2) is 0 Å². The van der Waals surface area contributed by atoms with Crippen molar-refractivity contribution in [2.75, 3.05) is 0 Å². The molecule has 1 heterocycles. The average molecular weight is 367 g/mol. The minimum atomic E-state index is -4.29.